The summed E-state index contributed by atoms with van der Waals surface area (Å²) in [5.74, 6) is 0.711. The lowest BCUT2D eigenvalue weighted by Crippen LogP contribution is -2.39. The van der Waals surface area contributed by atoms with Crippen molar-refractivity contribution in [3.05, 3.63) is 130 Å². The number of nitro groups is 1. The zero-order chi connectivity index (χ0) is 24.8. The SMILES string of the molecule is COc1ccccc1C1C2=C(N=c3s/c(=C\c4cccc([N+](=O)[O-])c4)c(=O)n31)c1ccccc1CC2. The van der Waals surface area contributed by atoms with Crippen LogP contribution in [-0.2, 0) is 6.42 Å². The maximum Gasteiger partial charge on any atom is 0.271 e. The Bertz CT molecular complexity index is 1750. The average molecular weight is 496 g/mol. The third-order valence-electron chi connectivity index (χ3n) is 6.69. The minimum Gasteiger partial charge on any atom is -0.496 e. The number of rotatable bonds is 4. The Labute approximate surface area is 210 Å². The fourth-order valence-corrected chi connectivity index (χ4v) is 6.07. The first-order valence-electron chi connectivity index (χ1n) is 11.6. The number of benzene rings is 3. The van der Waals surface area contributed by atoms with E-state index >= 15 is 0 Å². The molecule has 1 unspecified atom stereocenters. The summed E-state index contributed by atoms with van der Waals surface area (Å²) < 4.78 is 7.93. The molecule has 4 aromatic rings. The highest BCUT2D eigenvalue weighted by Crippen LogP contribution is 2.43. The number of ether oxygens (including phenoxy) is 1. The van der Waals surface area contributed by atoms with E-state index in [1.54, 1.807) is 29.9 Å². The van der Waals surface area contributed by atoms with Gasteiger partial charge < -0.3 is 4.74 Å². The molecule has 7 nitrogen and oxygen atoms in total. The molecule has 36 heavy (non-hydrogen) atoms. The normalized spacial score (nSPS) is 16.6. The third kappa shape index (κ3) is 3.58. The summed E-state index contributed by atoms with van der Waals surface area (Å²) in [5.41, 5.74) is 5.65. The van der Waals surface area contributed by atoms with Crippen molar-refractivity contribution in [1.29, 1.82) is 0 Å². The Kier molecular flexibility index (Phi) is 5.38. The number of aryl methyl sites for hydroxylation is 1. The van der Waals surface area contributed by atoms with Crippen LogP contribution in [0.5, 0.6) is 5.75 Å². The molecule has 2 aliphatic rings. The Morgan fingerprint density at radius 2 is 1.89 bits per heavy atom. The van der Waals surface area contributed by atoms with Crippen molar-refractivity contribution in [3.8, 4) is 5.75 Å². The van der Waals surface area contributed by atoms with Crippen LogP contribution in [0.2, 0.25) is 0 Å². The average Bonchev–Trinajstić information content (AvgIpc) is 3.21. The van der Waals surface area contributed by atoms with Crippen molar-refractivity contribution in [2.24, 2.45) is 4.99 Å². The van der Waals surface area contributed by atoms with E-state index in [1.165, 1.54) is 29.0 Å². The van der Waals surface area contributed by atoms with Crippen molar-refractivity contribution in [2.45, 2.75) is 18.9 Å². The Hall–Kier alpha value is -4.30. The van der Waals surface area contributed by atoms with Crippen LogP contribution in [0.25, 0.3) is 11.8 Å². The van der Waals surface area contributed by atoms with Crippen LogP contribution < -0.4 is 19.6 Å². The molecule has 6 rings (SSSR count). The first-order valence-corrected chi connectivity index (χ1v) is 12.4. The van der Waals surface area contributed by atoms with E-state index in [9.17, 15) is 14.9 Å². The minimum atomic E-state index is -0.438. The molecule has 178 valence electrons. The van der Waals surface area contributed by atoms with Crippen LogP contribution in [0.1, 0.15) is 34.7 Å². The van der Waals surface area contributed by atoms with Crippen LogP contribution in [0.4, 0.5) is 5.69 Å². The number of hydrogen-bond donors (Lipinski definition) is 0. The molecule has 0 bridgehead atoms. The second kappa shape index (κ2) is 8.73. The van der Waals surface area contributed by atoms with E-state index in [4.69, 9.17) is 9.73 Å². The third-order valence-corrected chi connectivity index (χ3v) is 7.67. The summed E-state index contributed by atoms with van der Waals surface area (Å²) in [5, 5.41) is 11.2. The molecular weight excluding hydrogens is 474 g/mol. The van der Waals surface area contributed by atoms with Gasteiger partial charge in [-0.1, -0.05) is 65.9 Å². The van der Waals surface area contributed by atoms with E-state index in [2.05, 4.69) is 12.1 Å². The molecule has 2 heterocycles. The van der Waals surface area contributed by atoms with Crippen molar-refractivity contribution >= 4 is 28.8 Å². The molecule has 0 saturated heterocycles. The molecule has 0 fully saturated rings. The number of fused-ring (bicyclic) bond motifs is 3. The van der Waals surface area contributed by atoms with Crippen LogP contribution in [-0.4, -0.2) is 16.6 Å². The zero-order valence-electron chi connectivity index (χ0n) is 19.4. The highest BCUT2D eigenvalue weighted by atomic mass is 32.1. The summed E-state index contributed by atoms with van der Waals surface area (Å²) in [6.45, 7) is 0. The molecular formula is C28H21N3O4S. The number of non-ortho nitro benzene ring substituents is 1. The van der Waals surface area contributed by atoms with Crippen molar-refractivity contribution in [1.82, 2.24) is 4.57 Å². The van der Waals surface area contributed by atoms with Gasteiger partial charge in [-0.05, 0) is 41.7 Å². The minimum absolute atomic E-state index is 0.0181. The summed E-state index contributed by atoms with van der Waals surface area (Å²) in [4.78, 5) is 30.2. The van der Waals surface area contributed by atoms with Gasteiger partial charge >= 0.3 is 0 Å². The fourth-order valence-electron chi connectivity index (χ4n) is 5.07. The number of allylic oxidation sites excluding steroid dienone is 1. The lowest BCUT2D eigenvalue weighted by molar-refractivity contribution is -0.384. The van der Waals surface area contributed by atoms with Crippen molar-refractivity contribution in [3.63, 3.8) is 0 Å². The molecule has 1 aliphatic heterocycles. The van der Waals surface area contributed by atoms with Gasteiger partial charge in [-0.3, -0.25) is 19.5 Å². The fraction of sp³-hybridized carbons (Fsp3) is 0.143. The lowest BCUT2D eigenvalue weighted by atomic mass is 9.83. The van der Waals surface area contributed by atoms with Crippen LogP contribution >= 0.6 is 11.3 Å². The monoisotopic (exact) mass is 495 g/mol. The number of aromatic nitrogens is 1. The van der Waals surface area contributed by atoms with Gasteiger partial charge in [-0.15, -0.1) is 0 Å². The van der Waals surface area contributed by atoms with E-state index < -0.39 is 4.92 Å². The van der Waals surface area contributed by atoms with Crippen molar-refractivity contribution in [2.75, 3.05) is 7.11 Å². The molecule has 1 atom stereocenters. The van der Waals surface area contributed by atoms with Gasteiger partial charge in [0.25, 0.3) is 11.2 Å². The highest BCUT2D eigenvalue weighted by Gasteiger charge is 2.33. The second-order valence-electron chi connectivity index (χ2n) is 8.71. The van der Waals surface area contributed by atoms with Gasteiger partial charge in [0, 0.05) is 23.3 Å². The first-order chi connectivity index (χ1) is 17.5. The summed E-state index contributed by atoms with van der Waals surface area (Å²) in [6.07, 6.45) is 3.36. The van der Waals surface area contributed by atoms with E-state index in [0.29, 0.717) is 20.6 Å². The van der Waals surface area contributed by atoms with Crippen LogP contribution in [0.15, 0.2) is 88.2 Å². The maximum absolute atomic E-state index is 13.8. The maximum atomic E-state index is 13.8. The summed E-state index contributed by atoms with van der Waals surface area (Å²) >= 11 is 1.30. The van der Waals surface area contributed by atoms with Gasteiger partial charge in [0.2, 0.25) is 0 Å². The number of thiazole rings is 1. The quantitative estimate of drug-likeness (QED) is 0.313. The number of methoxy groups -OCH3 is 1. The lowest BCUT2D eigenvalue weighted by Gasteiger charge is -2.31. The van der Waals surface area contributed by atoms with Gasteiger partial charge in [0.1, 0.15) is 5.75 Å². The van der Waals surface area contributed by atoms with E-state index in [-0.39, 0.29) is 17.3 Å². The molecule has 0 spiro atoms. The molecule has 8 heteroatoms. The Balaban J connectivity index is 1.63. The van der Waals surface area contributed by atoms with E-state index in [1.807, 2.05) is 36.4 Å². The molecule has 0 N–H and O–H groups in total. The van der Waals surface area contributed by atoms with Crippen LogP contribution in [0.3, 0.4) is 0 Å². The smallest absolute Gasteiger partial charge is 0.271 e. The summed E-state index contributed by atoms with van der Waals surface area (Å²) in [6, 6.07) is 22.0. The number of nitrogens with zero attached hydrogens (tertiary/aromatic N) is 3. The van der Waals surface area contributed by atoms with Gasteiger partial charge in [-0.25, -0.2) is 4.99 Å². The van der Waals surface area contributed by atoms with Gasteiger partial charge in [0.05, 0.1) is 28.3 Å². The highest BCUT2D eigenvalue weighted by molar-refractivity contribution is 7.07. The van der Waals surface area contributed by atoms with E-state index in [0.717, 1.165) is 35.2 Å². The standard InChI is InChI=1S/C28H21N3O4S/c1-35-23-12-5-4-11-21(23)26-22-14-13-18-8-2-3-10-20(18)25(22)29-28-30(26)27(32)24(36-28)16-17-7-6-9-19(15-17)31(33)34/h2-12,15-16,26H,13-14H2,1H3/b24-16-. The molecule has 1 aliphatic carbocycles. The number of hydrogen-bond acceptors (Lipinski definition) is 6. The molecule has 0 saturated carbocycles. The Morgan fingerprint density at radius 3 is 2.72 bits per heavy atom. The van der Waals surface area contributed by atoms with Crippen molar-refractivity contribution < 1.29 is 9.66 Å². The van der Waals surface area contributed by atoms with Gasteiger partial charge in [-0.2, -0.15) is 0 Å². The van der Waals surface area contributed by atoms with Gasteiger partial charge in [0.15, 0.2) is 4.80 Å². The molecule has 0 radical (unpaired) electrons. The largest absolute Gasteiger partial charge is 0.496 e. The molecule has 3 aromatic carbocycles. The predicted octanol–water partition coefficient (Wildman–Crippen LogP) is 4.24. The topological polar surface area (TPSA) is 86.7 Å². The number of nitro benzene ring substituents is 1. The predicted molar refractivity (Wildman–Crippen MR) is 139 cm³/mol. The second-order valence-corrected chi connectivity index (χ2v) is 9.72. The number of para-hydroxylation sites is 1. The summed E-state index contributed by atoms with van der Waals surface area (Å²) in [7, 11) is 1.64. The molecule has 0 amide bonds. The molecule has 1 aromatic heterocycles. The van der Waals surface area contributed by atoms with Crippen LogP contribution in [0, 0.1) is 10.1 Å². The first kappa shape index (κ1) is 22.2. The Morgan fingerprint density at radius 1 is 1.08 bits per heavy atom. The zero-order valence-corrected chi connectivity index (χ0v) is 20.2.